The number of cyclic esters (lactones) is 2. The highest BCUT2D eigenvalue weighted by Gasteiger charge is 2.62. The van der Waals surface area contributed by atoms with Gasteiger partial charge in [-0.3, -0.25) is 14.5 Å². The summed E-state index contributed by atoms with van der Waals surface area (Å²) in [6.45, 7) is 39.0. The fraction of sp³-hybridized carbons (Fsp3) is 0.973. The van der Waals surface area contributed by atoms with Crippen LogP contribution in [0.15, 0.2) is 0 Å². The number of ether oxygens (including phenoxy) is 15. The van der Waals surface area contributed by atoms with Gasteiger partial charge in [-0.25, -0.2) is 0 Å². The van der Waals surface area contributed by atoms with Crippen molar-refractivity contribution in [3.63, 3.8) is 0 Å². The van der Waals surface area contributed by atoms with Crippen LogP contribution in [0.3, 0.4) is 0 Å². The van der Waals surface area contributed by atoms with Crippen LogP contribution < -0.4 is 5.73 Å². The molecule has 9 fully saturated rings. The molecule has 9 saturated heterocycles. The number of methoxy groups -OCH3 is 2. The second-order valence-corrected chi connectivity index (χ2v) is 33.3. The zero-order valence-corrected chi connectivity index (χ0v) is 64.5. The quantitative estimate of drug-likeness (QED) is 0.0910. The molecule has 9 aliphatic heterocycles. The van der Waals surface area contributed by atoms with Crippen LogP contribution in [0.1, 0.15) is 190 Å². The van der Waals surface area contributed by atoms with Gasteiger partial charge in [-0.15, -0.1) is 0 Å². The van der Waals surface area contributed by atoms with E-state index in [2.05, 4.69) is 11.8 Å². The average molecular weight is 1450 g/mol. The average Bonchev–Trinajstić information content (AvgIpc) is 1.60. The second kappa shape index (κ2) is 33.5. The molecule has 0 spiro atoms. The monoisotopic (exact) mass is 1450 g/mol. The fourth-order valence-corrected chi connectivity index (χ4v) is 18.7. The van der Waals surface area contributed by atoms with E-state index in [0.717, 1.165) is 0 Å². The molecule has 0 aromatic rings. The fourth-order valence-electron chi connectivity index (χ4n) is 18.7. The van der Waals surface area contributed by atoms with E-state index in [-0.39, 0.29) is 55.8 Å². The van der Waals surface area contributed by atoms with E-state index >= 15 is 0 Å². The summed E-state index contributed by atoms with van der Waals surface area (Å²) < 4.78 is 95.6. The maximum atomic E-state index is 14.4. The van der Waals surface area contributed by atoms with Crippen molar-refractivity contribution in [1.29, 1.82) is 0 Å². The number of fused-ring (bicyclic) bond motifs is 4. The summed E-state index contributed by atoms with van der Waals surface area (Å²) in [4.78, 5) is 30.8. The highest BCUT2D eigenvalue weighted by atomic mass is 16.7. The number of nitrogens with two attached hydrogens (primary N) is 1. The smallest absolute Gasteiger partial charge is 0.311 e. The predicted octanol–water partition coefficient (Wildman–Crippen LogP) is 4.41. The number of rotatable bonds is 17. The number of hydrogen-bond donors (Lipinski definition) is 9. The molecule has 0 aliphatic carbocycles. The lowest BCUT2D eigenvalue weighted by molar-refractivity contribution is -0.319. The minimum absolute atomic E-state index is 0.0658. The third kappa shape index (κ3) is 17.7. The Morgan fingerprint density at radius 2 is 0.931 bits per heavy atom. The largest absolute Gasteiger partial charge is 0.459 e. The van der Waals surface area contributed by atoms with E-state index in [1.165, 1.54) is 28.1 Å². The molecule has 0 saturated carbocycles. The Kier molecular flexibility index (Phi) is 28.1. The van der Waals surface area contributed by atoms with E-state index < -0.39 is 210 Å². The Morgan fingerprint density at radius 1 is 0.554 bits per heavy atom. The third-order valence-corrected chi connectivity index (χ3v) is 25.0. The molecule has 38 atom stereocenters. The zero-order valence-electron chi connectivity index (χ0n) is 64.5. The number of aliphatic hydroxyl groups excluding tert-OH is 6. The normalized spacial score (nSPS) is 50.2. The van der Waals surface area contributed by atoms with Crippen LogP contribution in [0, 0.1) is 47.3 Å². The minimum atomic E-state index is -1.79. The summed E-state index contributed by atoms with van der Waals surface area (Å²) in [5, 5.41) is 90.3. The molecule has 27 nitrogen and oxygen atoms in total. The van der Waals surface area contributed by atoms with Gasteiger partial charge in [0.05, 0.1) is 121 Å². The van der Waals surface area contributed by atoms with E-state index in [4.69, 9.17) is 76.8 Å². The van der Waals surface area contributed by atoms with Crippen molar-refractivity contribution < 1.29 is 121 Å². The van der Waals surface area contributed by atoms with Gasteiger partial charge in [-0.05, 0) is 133 Å². The van der Waals surface area contributed by atoms with E-state index in [9.17, 15) is 50.4 Å². The Labute approximate surface area is 600 Å². The van der Waals surface area contributed by atoms with Gasteiger partial charge in [0.2, 0.25) is 0 Å². The third-order valence-electron chi connectivity index (χ3n) is 25.0. The first-order valence-electron chi connectivity index (χ1n) is 37.7. The van der Waals surface area contributed by atoms with Crippen LogP contribution in [0.4, 0.5) is 0 Å². The van der Waals surface area contributed by atoms with Crippen molar-refractivity contribution in [3.8, 4) is 0 Å². The lowest BCUT2D eigenvalue weighted by Gasteiger charge is -2.49. The minimum Gasteiger partial charge on any atom is -0.459 e. The maximum absolute atomic E-state index is 14.4. The Bertz CT molecular complexity index is 2660. The van der Waals surface area contributed by atoms with Gasteiger partial charge in [-0.2, -0.15) is 0 Å². The summed E-state index contributed by atoms with van der Waals surface area (Å²) in [6, 6.07) is -0.774. The van der Waals surface area contributed by atoms with Crippen LogP contribution in [0.25, 0.3) is 0 Å². The summed E-state index contributed by atoms with van der Waals surface area (Å²) in [5.41, 5.74) is -1.20. The van der Waals surface area contributed by atoms with Crippen LogP contribution in [0.5, 0.6) is 0 Å². The Morgan fingerprint density at radius 3 is 1.31 bits per heavy atom. The van der Waals surface area contributed by atoms with Gasteiger partial charge in [-0.1, -0.05) is 55.4 Å². The number of morpholine rings is 1. The number of aliphatic hydroxyl groups is 8. The van der Waals surface area contributed by atoms with Gasteiger partial charge in [0.25, 0.3) is 0 Å². The first kappa shape index (κ1) is 84.6. The van der Waals surface area contributed by atoms with Crippen molar-refractivity contribution in [3.05, 3.63) is 0 Å². The molecule has 9 rings (SSSR count). The van der Waals surface area contributed by atoms with Gasteiger partial charge in [0.15, 0.2) is 25.2 Å². The molecule has 27 heteroatoms. The molecule has 9 heterocycles. The standard InChI is InChI=1S/C39H69NO13.C35H63NO12/c1-12-27(41)39(10,45)34-22(4)30-20(2)18-38(9,53-30)33(52-36-29(42)26(17-21(3)48-36)40-13-15-47-16-14-40)23(5)31(24(6)35(44)51-34)50-28-19-37(8,46-11)32(43)25(7)49-28;1-12-23(37)35(10,41)30-18(4)26-16(2)14-34(9,48-26)29(47-32-25(38)22(36)13-17(3)43-32)19(5)27(20(6)31(40)46-30)45-24-15-33(8,42-11)28(39)21(7)44-24/h20-34,36,41-43,45H,12-19H2,1-11H3;16-30,32,37-39,41H,12-15,36H2,1-11H3/t20?,21?,22-,23-,24+,25?,26?,27+,28-,29?,30?,31-,32-,33+,34+,36-,37?,38-,39+;16?,17?,18-,19-,20+,21?,22?,23+,24-,25?,26?,27-,28-,29+,30+,32-,33?,34-,35+/m00/s1. The molecule has 10 N–H and O–H groups in total. The van der Waals surface area contributed by atoms with Crippen LogP contribution in [-0.4, -0.2) is 279 Å². The van der Waals surface area contributed by atoms with Crippen LogP contribution >= 0.6 is 0 Å². The molecular weight excluding hydrogens is 1320 g/mol. The van der Waals surface area contributed by atoms with Crippen molar-refractivity contribution in [1.82, 2.24) is 4.90 Å². The first-order chi connectivity index (χ1) is 47.0. The summed E-state index contributed by atoms with van der Waals surface area (Å²) in [6.07, 6.45) is -15.4. The van der Waals surface area contributed by atoms with Gasteiger partial charge < -0.3 is 118 Å². The van der Waals surface area contributed by atoms with E-state index in [0.29, 0.717) is 52.0 Å². The van der Waals surface area contributed by atoms with Gasteiger partial charge in [0.1, 0.15) is 47.8 Å². The van der Waals surface area contributed by atoms with Crippen molar-refractivity contribution in [2.75, 3.05) is 40.5 Å². The zero-order chi connectivity index (χ0) is 75.3. The first-order valence-corrected chi connectivity index (χ1v) is 37.7. The molecule has 588 valence electrons. The molecule has 0 radical (unpaired) electrons. The van der Waals surface area contributed by atoms with E-state index in [1.807, 2.05) is 62.3 Å². The molecule has 14 unspecified atom stereocenters. The summed E-state index contributed by atoms with van der Waals surface area (Å²) in [7, 11) is 3.05. The SMILES string of the molecule is CC[C@@H](O)[C@@](C)(O)[C@@H]1OC(=O)[C@H](C)[C@@H](O[C@H]2CC(C)(OC)[C@@H](O)C(C)O2)[C@H](C)[C@@H](O[C@@H]2OC(C)CC(N)C2O)[C@]2(C)CC(C)C(O2)[C@@H]1C.CC[C@@H](O)[C@@](C)(O)[C@@H]1OC(=O)[C@H](C)[C@@H](O[C@H]2CC(C)(OC)[C@@H](O)C(C)O2)[C@H](C)[C@@H](O[C@@H]2OC(C)CC(N3CCOCC3)C2O)[C@]2(C)CC(C)C(O2)[C@@H]1C. The highest BCUT2D eigenvalue weighted by Crippen LogP contribution is 2.52. The Balaban J connectivity index is 0.000000258. The van der Waals surface area contributed by atoms with Crippen molar-refractivity contribution in [2.24, 2.45) is 53.1 Å². The van der Waals surface area contributed by atoms with Crippen LogP contribution in [-0.2, 0) is 80.6 Å². The van der Waals surface area contributed by atoms with Crippen molar-refractivity contribution >= 4 is 11.9 Å². The lowest BCUT2D eigenvalue weighted by atomic mass is 9.76. The lowest BCUT2D eigenvalue weighted by Crippen LogP contribution is -2.61. The number of carbonyl (C=O) groups excluding carboxylic acids is 2. The maximum Gasteiger partial charge on any atom is 0.311 e. The topological polar surface area (TPSA) is 364 Å². The predicted molar refractivity (Wildman–Crippen MR) is 367 cm³/mol. The number of carbonyl (C=O) groups is 2. The molecule has 9 aliphatic rings. The van der Waals surface area contributed by atoms with Crippen LogP contribution in [0.2, 0.25) is 0 Å². The molecule has 0 amide bonds. The number of nitrogens with zero attached hydrogens (tertiary/aromatic N) is 1. The molecule has 0 aromatic carbocycles. The molecule has 101 heavy (non-hydrogen) atoms. The summed E-state index contributed by atoms with van der Waals surface area (Å²) >= 11 is 0. The van der Waals surface area contributed by atoms with Gasteiger partial charge >= 0.3 is 11.9 Å². The number of hydrogen-bond acceptors (Lipinski definition) is 27. The molecular formula is C74H132N2O25. The molecule has 4 bridgehead atoms. The Hall–Kier alpha value is -1.98. The van der Waals surface area contributed by atoms with Crippen molar-refractivity contribution in [2.45, 2.75) is 371 Å². The number of esters is 2. The summed E-state index contributed by atoms with van der Waals surface area (Å²) in [5.74, 6) is -5.45. The van der Waals surface area contributed by atoms with E-state index in [1.54, 1.807) is 55.4 Å². The second-order valence-electron chi connectivity index (χ2n) is 33.3. The van der Waals surface area contributed by atoms with Gasteiger partial charge in [0, 0.05) is 75.9 Å². The highest BCUT2D eigenvalue weighted by molar-refractivity contribution is 5.73. The molecule has 0 aromatic heterocycles.